The summed E-state index contributed by atoms with van der Waals surface area (Å²) >= 11 is 5.55. The summed E-state index contributed by atoms with van der Waals surface area (Å²) in [7, 11) is 0. The Kier molecular flexibility index (Phi) is 3.54. The fourth-order valence-corrected chi connectivity index (χ4v) is 1.59. The van der Waals surface area contributed by atoms with Gasteiger partial charge in [-0.2, -0.15) is 0 Å². The molecule has 0 amide bonds. The first kappa shape index (κ1) is 12.5. The summed E-state index contributed by atoms with van der Waals surface area (Å²) in [6, 6.07) is 1.89. The van der Waals surface area contributed by atoms with Crippen LogP contribution in [0.4, 0.5) is 14.5 Å². The van der Waals surface area contributed by atoms with E-state index in [4.69, 9.17) is 11.6 Å². The van der Waals surface area contributed by atoms with E-state index >= 15 is 0 Å². The van der Waals surface area contributed by atoms with Gasteiger partial charge in [0, 0.05) is 5.56 Å². The van der Waals surface area contributed by atoms with Crippen LogP contribution < -0.4 is 0 Å². The van der Waals surface area contributed by atoms with Crippen molar-refractivity contribution in [2.24, 2.45) is 0 Å². The molecule has 0 aliphatic heterocycles. The second-order valence-electron chi connectivity index (χ2n) is 2.98. The maximum absolute atomic E-state index is 12.5. The maximum Gasteiger partial charge on any atom is 0.297 e. The van der Waals surface area contributed by atoms with E-state index in [-0.39, 0.29) is 5.56 Å². The highest BCUT2D eigenvalue weighted by Crippen LogP contribution is 2.37. The lowest BCUT2D eigenvalue weighted by Gasteiger charge is -2.06. The monoisotopic (exact) mass is 249 g/mol. The topological polar surface area (TPSA) is 60.2 Å². The Morgan fingerprint density at radius 3 is 2.44 bits per heavy atom. The smallest absolute Gasteiger partial charge is 0.294 e. The van der Waals surface area contributed by atoms with Gasteiger partial charge in [0.1, 0.15) is 5.02 Å². The zero-order valence-electron chi connectivity index (χ0n) is 8.04. The Morgan fingerprint density at radius 1 is 1.50 bits per heavy atom. The molecule has 0 unspecified atom stereocenters. The minimum atomic E-state index is -3.01. The highest BCUT2D eigenvalue weighted by molar-refractivity contribution is 6.36. The third kappa shape index (κ3) is 2.16. The second kappa shape index (κ2) is 4.52. The van der Waals surface area contributed by atoms with Gasteiger partial charge in [-0.1, -0.05) is 11.6 Å². The highest BCUT2D eigenvalue weighted by atomic mass is 35.5. The third-order valence-corrected chi connectivity index (χ3v) is 2.33. The molecule has 0 fully saturated rings. The van der Waals surface area contributed by atoms with Gasteiger partial charge in [-0.25, -0.2) is 8.78 Å². The molecule has 0 aliphatic carbocycles. The summed E-state index contributed by atoms with van der Waals surface area (Å²) in [6.45, 7) is 1.15. The minimum Gasteiger partial charge on any atom is -0.294 e. The SMILES string of the molecule is CC(=O)c1ccc(C(F)F)c([N+](=O)[O-])c1Cl. The van der Waals surface area contributed by atoms with Crippen molar-refractivity contribution in [3.8, 4) is 0 Å². The Bertz CT molecular complexity index is 462. The van der Waals surface area contributed by atoms with Crippen LogP contribution in [-0.4, -0.2) is 10.7 Å². The molecular formula is C9H6ClF2NO3. The van der Waals surface area contributed by atoms with Crippen LogP contribution in [0, 0.1) is 10.1 Å². The third-order valence-electron chi connectivity index (χ3n) is 1.94. The normalized spacial score (nSPS) is 10.6. The first-order valence-electron chi connectivity index (χ1n) is 4.12. The minimum absolute atomic E-state index is 0.141. The lowest BCUT2D eigenvalue weighted by atomic mass is 10.1. The number of Topliss-reactive ketones (excluding diaryl/α,β-unsaturated/α-hetero) is 1. The van der Waals surface area contributed by atoms with Crippen LogP contribution in [0.2, 0.25) is 5.02 Å². The predicted octanol–water partition coefficient (Wildman–Crippen LogP) is 3.39. The number of ketones is 1. The molecule has 1 aromatic carbocycles. The van der Waals surface area contributed by atoms with Crippen LogP contribution in [-0.2, 0) is 0 Å². The zero-order valence-corrected chi connectivity index (χ0v) is 8.79. The molecule has 0 saturated carbocycles. The second-order valence-corrected chi connectivity index (χ2v) is 3.36. The number of hydrogen-bond acceptors (Lipinski definition) is 3. The lowest BCUT2D eigenvalue weighted by Crippen LogP contribution is -2.02. The molecule has 1 rings (SSSR count). The molecular weight excluding hydrogens is 244 g/mol. The predicted molar refractivity (Wildman–Crippen MR) is 53.1 cm³/mol. The maximum atomic E-state index is 12.5. The average molecular weight is 250 g/mol. The molecule has 1 aromatic rings. The van der Waals surface area contributed by atoms with Gasteiger partial charge in [-0.3, -0.25) is 14.9 Å². The quantitative estimate of drug-likeness (QED) is 0.469. The van der Waals surface area contributed by atoms with Crippen LogP contribution in [0.25, 0.3) is 0 Å². The Morgan fingerprint density at radius 2 is 2.06 bits per heavy atom. The summed E-state index contributed by atoms with van der Waals surface area (Å²) < 4.78 is 24.9. The number of carbonyl (C=O) groups is 1. The fourth-order valence-electron chi connectivity index (χ4n) is 1.21. The number of nitrogens with zero attached hydrogens (tertiary/aromatic N) is 1. The zero-order chi connectivity index (χ0) is 12.5. The first-order valence-corrected chi connectivity index (χ1v) is 4.50. The largest absolute Gasteiger partial charge is 0.297 e. The van der Waals surface area contributed by atoms with E-state index in [0.717, 1.165) is 19.1 Å². The van der Waals surface area contributed by atoms with Crippen molar-refractivity contribution in [2.45, 2.75) is 13.3 Å². The lowest BCUT2D eigenvalue weighted by molar-refractivity contribution is -0.386. The van der Waals surface area contributed by atoms with E-state index in [0.29, 0.717) is 0 Å². The molecule has 0 N–H and O–H groups in total. The number of alkyl halides is 2. The number of halogens is 3. The van der Waals surface area contributed by atoms with Gasteiger partial charge in [0.05, 0.1) is 10.5 Å². The van der Waals surface area contributed by atoms with Gasteiger partial charge < -0.3 is 0 Å². The van der Waals surface area contributed by atoms with Crippen LogP contribution in [0.5, 0.6) is 0 Å². The van der Waals surface area contributed by atoms with Gasteiger partial charge in [0.25, 0.3) is 12.1 Å². The van der Waals surface area contributed by atoms with Crippen molar-refractivity contribution in [1.29, 1.82) is 0 Å². The van der Waals surface area contributed by atoms with Gasteiger partial charge in [-0.05, 0) is 19.1 Å². The molecule has 0 saturated heterocycles. The molecule has 0 aromatic heterocycles. The van der Waals surface area contributed by atoms with Crippen molar-refractivity contribution in [1.82, 2.24) is 0 Å². The molecule has 4 nitrogen and oxygen atoms in total. The number of rotatable bonds is 3. The van der Waals surface area contributed by atoms with Crippen LogP contribution in [0.15, 0.2) is 12.1 Å². The van der Waals surface area contributed by atoms with E-state index in [1.807, 2.05) is 0 Å². The van der Waals surface area contributed by atoms with Crippen molar-refractivity contribution in [3.63, 3.8) is 0 Å². The molecule has 16 heavy (non-hydrogen) atoms. The molecule has 0 aliphatic rings. The van der Waals surface area contributed by atoms with E-state index < -0.39 is 33.4 Å². The van der Waals surface area contributed by atoms with Crippen molar-refractivity contribution < 1.29 is 18.5 Å². The number of carbonyl (C=O) groups excluding carboxylic acids is 1. The van der Waals surface area contributed by atoms with E-state index in [1.165, 1.54) is 0 Å². The number of nitro groups is 1. The Balaban J connectivity index is 3.54. The van der Waals surface area contributed by atoms with Gasteiger partial charge in [0.15, 0.2) is 5.78 Å². The summed E-state index contributed by atoms with van der Waals surface area (Å²) in [5.41, 5.74) is -1.85. The highest BCUT2D eigenvalue weighted by Gasteiger charge is 2.28. The summed E-state index contributed by atoms with van der Waals surface area (Å²) in [5, 5.41) is 10.1. The summed E-state index contributed by atoms with van der Waals surface area (Å²) in [4.78, 5) is 20.6. The first-order chi connectivity index (χ1) is 7.36. The van der Waals surface area contributed by atoms with Crippen molar-refractivity contribution in [3.05, 3.63) is 38.4 Å². The number of hydrogen-bond donors (Lipinski definition) is 0. The van der Waals surface area contributed by atoms with E-state index in [2.05, 4.69) is 0 Å². The summed E-state index contributed by atoms with van der Waals surface area (Å²) in [6.07, 6.45) is -3.01. The number of nitro benzene ring substituents is 1. The molecule has 0 heterocycles. The van der Waals surface area contributed by atoms with Crippen LogP contribution >= 0.6 is 11.6 Å². The fraction of sp³-hybridized carbons (Fsp3) is 0.222. The van der Waals surface area contributed by atoms with Gasteiger partial charge in [-0.15, -0.1) is 0 Å². The number of benzene rings is 1. The standard InChI is InChI=1S/C9H6ClF2NO3/c1-4(14)5-2-3-6(9(11)12)8(7(5)10)13(15)16/h2-3,9H,1H3. The molecule has 0 radical (unpaired) electrons. The average Bonchev–Trinajstić information content (AvgIpc) is 2.15. The Labute approximate surface area is 94.0 Å². The Hall–Kier alpha value is -1.56. The van der Waals surface area contributed by atoms with Gasteiger partial charge in [0.2, 0.25) is 0 Å². The van der Waals surface area contributed by atoms with Crippen LogP contribution in [0.3, 0.4) is 0 Å². The van der Waals surface area contributed by atoms with Gasteiger partial charge >= 0.3 is 0 Å². The van der Waals surface area contributed by atoms with Crippen LogP contribution in [0.1, 0.15) is 29.3 Å². The molecule has 86 valence electrons. The molecule has 0 bridgehead atoms. The van der Waals surface area contributed by atoms with E-state index in [1.54, 1.807) is 0 Å². The molecule has 0 atom stereocenters. The van der Waals surface area contributed by atoms with Crippen molar-refractivity contribution in [2.75, 3.05) is 0 Å². The molecule has 0 spiro atoms. The molecule has 7 heteroatoms. The summed E-state index contributed by atoms with van der Waals surface area (Å²) in [5.74, 6) is -0.520. The van der Waals surface area contributed by atoms with E-state index in [9.17, 15) is 23.7 Å². The van der Waals surface area contributed by atoms with Crippen molar-refractivity contribution >= 4 is 23.1 Å².